The number of hydrogen-bond acceptors (Lipinski definition) is 5. The minimum atomic E-state index is -0.0169. The van der Waals surface area contributed by atoms with Gasteiger partial charge < -0.3 is 5.32 Å². The number of rotatable bonds is 14. The first-order valence-electron chi connectivity index (χ1n) is 13.7. The number of unbranched alkanes of at least 4 members (excludes halogenated alkanes) is 7. The molecule has 7 nitrogen and oxygen atoms in total. The van der Waals surface area contributed by atoms with Crippen LogP contribution in [0.5, 0.6) is 0 Å². The molecule has 8 heteroatoms. The normalized spacial score (nSPS) is 10.9. The molecule has 0 fully saturated rings. The van der Waals surface area contributed by atoms with Crippen molar-refractivity contribution in [2.45, 2.75) is 64.3 Å². The van der Waals surface area contributed by atoms with Crippen molar-refractivity contribution < 1.29 is 4.79 Å². The number of nitrogens with one attached hydrogen (secondary N) is 2. The van der Waals surface area contributed by atoms with Gasteiger partial charge in [-0.2, -0.15) is 5.10 Å². The van der Waals surface area contributed by atoms with Crippen LogP contribution in [-0.4, -0.2) is 25.9 Å². The largest absolute Gasteiger partial charge is 0.309 e. The summed E-state index contributed by atoms with van der Waals surface area (Å²) < 4.78 is 1.78. The highest BCUT2D eigenvalue weighted by Crippen LogP contribution is 2.19. The van der Waals surface area contributed by atoms with Crippen LogP contribution in [0.1, 0.15) is 57.8 Å². The lowest BCUT2D eigenvalue weighted by Crippen LogP contribution is -2.22. The zero-order valence-corrected chi connectivity index (χ0v) is 22.9. The van der Waals surface area contributed by atoms with Gasteiger partial charge in [0.15, 0.2) is 5.82 Å². The average Bonchev–Trinajstić information content (AvgIpc) is 2.96. The number of halogens is 1. The molecule has 2 N–H and O–H groups in total. The van der Waals surface area contributed by atoms with E-state index in [0.29, 0.717) is 22.7 Å². The molecule has 0 saturated heterocycles. The van der Waals surface area contributed by atoms with E-state index in [1.54, 1.807) is 16.8 Å². The van der Waals surface area contributed by atoms with Gasteiger partial charge >= 0.3 is 0 Å². The van der Waals surface area contributed by atoms with E-state index in [4.69, 9.17) is 17.0 Å². The van der Waals surface area contributed by atoms with Crippen LogP contribution in [-0.2, 0) is 11.3 Å². The number of carbonyl (C=O) groups is 1. The van der Waals surface area contributed by atoms with E-state index in [2.05, 4.69) is 20.6 Å². The molecule has 0 bridgehead atoms. The molecule has 2 heterocycles. The van der Waals surface area contributed by atoms with E-state index in [-0.39, 0.29) is 5.91 Å². The van der Waals surface area contributed by atoms with Crippen LogP contribution in [0.2, 0.25) is 5.02 Å². The van der Waals surface area contributed by atoms with Crippen molar-refractivity contribution in [1.29, 1.82) is 5.41 Å². The van der Waals surface area contributed by atoms with Crippen LogP contribution in [0, 0.1) is 5.41 Å². The van der Waals surface area contributed by atoms with Crippen LogP contribution < -0.4 is 10.8 Å². The number of hydrogen-bond donors (Lipinski definition) is 2. The molecule has 0 spiro atoms. The average molecular weight is 543 g/mol. The Kier molecular flexibility index (Phi) is 10.8. The summed E-state index contributed by atoms with van der Waals surface area (Å²) in [5.74, 6) is 0.471. The highest BCUT2D eigenvalue weighted by Gasteiger charge is 2.06. The molecule has 0 aliphatic rings. The molecule has 4 rings (SSSR count). The molecule has 202 valence electrons. The van der Waals surface area contributed by atoms with Crippen molar-refractivity contribution in [1.82, 2.24) is 20.0 Å². The van der Waals surface area contributed by atoms with Gasteiger partial charge in [-0.15, -0.1) is 10.2 Å². The lowest BCUT2D eigenvalue weighted by Gasteiger charge is -2.09. The van der Waals surface area contributed by atoms with E-state index in [1.165, 1.54) is 19.3 Å². The summed E-state index contributed by atoms with van der Waals surface area (Å²) in [5, 5.41) is 24.7. The number of benzene rings is 2. The summed E-state index contributed by atoms with van der Waals surface area (Å²) in [7, 11) is 0. The van der Waals surface area contributed by atoms with Crippen molar-refractivity contribution in [3.05, 3.63) is 89.4 Å². The third kappa shape index (κ3) is 9.14. The number of carbonyl (C=O) groups excluding carboxylic acids is 1. The second-order valence-electron chi connectivity index (χ2n) is 9.63. The fourth-order valence-electron chi connectivity index (χ4n) is 4.38. The molecule has 0 aliphatic carbocycles. The van der Waals surface area contributed by atoms with E-state index in [9.17, 15) is 4.79 Å². The Labute approximate surface area is 234 Å². The summed E-state index contributed by atoms with van der Waals surface area (Å²) in [5.41, 5.74) is 4.06. The van der Waals surface area contributed by atoms with E-state index in [1.807, 2.05) is 66.7 Å². The Balaban J connectivity index is 1.05. The maximum atomic E-state index is 12.2. The fourth-order valence-corrected chi connectivity index (χ4v) is 4.51. The standard InChI is InChI=1S/C31H35ClN6O/c32-26-17-15-25(16-18-26)28-19-21-29(33)38(37-28)23-11-6-4-2-1-3-5-10-14-31(39)34-30-22-20-27(35-36-30)24-12-8-7-9-13-24/h7-9,12-13,15-22,33H,1-6,10-11,14,23H2,(H,34,36,39). The van der Waals surface area contributed by atoms with Crippen molar-refractivity contribution in [3.63, 3.8) is 0 Å². The minimum absolute atomic E-state index is 0.0169. The van der Waals surface area contributed by atoms with Gasteiger partial charge in [0.25, 0.3) is 0 Å². The topological polar surface area (TPSA) is 96.5 Å². The molecule has 39 heavy (non-hydrogen) atoms. The number of aryl methyl sites for hydroxylation is 1. The van der Waals surface area contributed by atoms with Crippen molar-refractivity contribution >= 4 is 23.3 Å². The number of anilines is 1. The van der Waals surface area contributed by atoms with Gasteiger partial charge in [-0.05, 0) is 49.2 Å². The summed E-state index contributed by atoms with van der Waals surface area (Å²) in [6.07, 6.45) is 9.20. The highest BCUT2D eigenvalue weighted by molar-refractivity contribution is 6.30. The van der Waals surface area contributed by atoms with Gasteiger partial charge in [0.05, 0.1) is 11.4 Å². The van der Waals surface area contributed by atoms with Gasteiger partial charge in [0.2, 0.25) is 5.91 Å². The molecule has 0 unspecified atom stereocenters. The predicted octanol–water partition coefficient (Wildman–Crippen LogP) is 7.29. The minimum Gasteiger partial charge on any atom is -0.309 e. The molecule has 0 saturated carbocycles. The van der Waals surface area contributed by atoms with Crippen LogP contribution >= 0.6 is 11.6 Å². The van der Waals surface area contributed by atoms with Crippen molar-refractivity contribution in [3.8, 4) is 22.5 Å². The summed E-state index contributed by atoms with van der Waals surface area (Å²) in [6, 6.07) is 24.8. The summed E-state index contributed by atoms with van der Waals surface area (Å²) in [4.78, 5) is 12.2. The Morgan fingerprint density at radius 3 is 2.05 bits per heavy atom. The maximum Gasteiger partial charge on any atom is 0.225 e. The lowest BCUT2D eigenvalue weighted by molar-refractivity contribution is -0.116. The fraction of sp³-hybridized carbons (Fsp3) is 0.323. The predicted molar refractivity (Wildman–Crippen MR) is 156 cm³/mol. The summed E-state index contributed by atoms with van der Waals surface area (Å²) >= 11 is 5.98. The monoisotopic (exact) mass is 542 g/mol. The molecule has 0 radical (unpaired) electrons. The molecule has 1 amide bonds. The van der Waals surface area contributed by atoms with Crippen LogP contribution in [0.4, 0.5) is 5.82 Å². The second kappa shape index (κ2) is 14.9. The van der Waals surface area contributed by atoms with Crippen LogP contribution in [0.3, 0.4) is 0 Å². The molecule has 0 aliphatic heterocycles. The Bertz CT molecular complexity index is 1370. The van der Waals surface area contributed by atoms with Gasteiger partial charge in [-0.1, -0.05) is 92.6 Å². The first kappa shape index (κ1) is 28.2. The highest BCUT2D eigenvalue weighted by atomic mass is 35.5. The second-order valence-corrected chi connectivity index (χ2v) is 10.1. The molecular formula is C31H35ClN6O. The first-order valence-corrected chi connectivity index (χ1v) is 14.0. The quantitative estimate of drug-likeness (QED) is 0.163. The SMILES string of the molecule is N=c1ccc(-c2ccc(Cl)cc2)nn1CCCCCCCCCCC(=O)Nc1ccc(-c2ccccc2)nn1. The van der Waals surface area contributed by atoms with Gasteiger partial charge in [-0.25, -0.2) is 4.68 Å². The van der Waals surface area contributed by atoms with E-state index >= 15 is 0 Å². The van der Waals surface area contributed by atoms with Gasteiger partial charge in [0, 0.05) is 29.1 Å². The maximum absolute atomic E-state index is 12.2. The first-order chi connectivity index (χ1) is 19.1. The van der Waals surface area contributed by atoms with Crippen LogP contribution in [0.15, 0.2) is 78.9 Å². The van der Waals surface area contributed by atoms with Gasteiger partial charge in [0.1, 0.15) is 5.49 Å². The van der Waals surface area contributed by atoms with E-state index < -0.39 is 0 Å². The van der Waals surface area contributed by atoms with Crippen LogP contribution in [0.25, 0.3) is 22.5 Å². The molecule has 0 atom stereocenters. The number of amides is 1. The van der Waals surface area contributed by atoms with Crippen molar-refractivity contribution in [2.75, 3.05) is 5.32 Å². The van der Waals surface area contributed by atoms with Gasteiger partial charge in [-0.3, -0.25) is 10.2 Å². The third-order valence-corrected chi connectivity index (χ3v) is 6.82. The van der Waals surface area contributed by atoms with E-state index in [0.717, 1.165) is 61.2 Å². The molecule has 2 aromatic carbocycles. The Morgan fingerprint density at radius 1 is 0.718 bits per heavy atom. The molecular weight excluding hydrogens is 508 g/mol. The number of nitrogens with zero attached hydrogens (tertiary/aromatic N) is 4. The summed E-state index contributed by atoms with van der Waals surface area (Å²) in [6.45, 7) is 0.745. The molecule has 4 aromatic rings. The number of aromatic nitrogens is 4. The lowest BCUT2D eigenvalue weighted by atomic mass is 10.1. The third-order valence-electron chi connectivity index (χ3n) is 6.57. The zero-order valence-electron chi connectivity index (χ0n) is 22.2. The molecule has 2 aromatic heterocycles. The smallest absolute Gasteiger partial charge is 0.225 e. The Morgan fingerprint density at radius 2 is 1.36 bits per heavy atom. The zero-order chi connectivity index (χ0) is 27.3. The van der Waals surface area contributed by atoms with Crippen molar-refractivity contribution in [2.24, 2.45) is 0 Å². The Hall–Kier alpha value is -3.84.